The second-order valence-electron chi connectivity index (χ2n) is 8.33. The molecule has 0 bridgehead atoms. The first-order valence-electron chi connectivity index (χ1n) is 10.5. The van der Waals surface area contributed by atoms with Crippen molar-refractivity contribution in [3.63, 3.8) is 0 Å². The standard InChI is InChI=1S/C21H28N6OS/c1-12(10-27-8-6-22-7-9-27)23-21-19-18(24-20(25-21)15-4-5-15)16(11-29-19)17-13(2)26-28-14(17)3/h11-12,15,22H,4-10H2,1-3H3,(H,23,24,25)/t12-/m0/s1. The maximum Gasteiger partial charge on any atom is 0.148 e. The number of hydrogen-bond acceptors (Lipinski definition) is 8. The van der Waals surface area contributed by atoms with E-state index < -0.39 is 0 Å². The SMILES string of the molecule is Cc1noc(C)c1-c1csc2c(N[C@@H](C)CN3CCNCC3)nc(C3CC3)nc12. The van der Waals surface area contributed by atoms with Crippen LogP contribution in [0.5, 0.6) is 0 Å². The van der Waals surface area contributed by atoms with Crippen molar-refractivity contribution in [3.8, 4) is 11.1 Å². The lowest BCUT2D eigenvalue weighted by Gasteiger charge is -2.30. The van der Waals surface area contributed by atoms with Gasteiger partial charge in [-0.15, -0.1) is 11.3 Å². The molecule has 7 nitrogen and oxygen atoms in total. The van der Waals surface area contributed by atoms with Crippen molar-refractivity contribution in [1.29, 1.82) is 0 Å². The fourth-order valence-electron chi connectivity index (χ4n) is 4.16. The smallest absolute Gasteiger partial charge is 0.148 e. The molecule has 2 N–H and O–H groups in total. The van der Waals surface area contributed by atoms with Crippen LogP contribution in [0.4, 0.5) is 5.82 Å². The van der Waals surface area contributed by atoms with Crippen molar-refractivity contribution in [1.82, 2.24) is 25.3 Å². The minimum Gasteiger partial charge on any atom is -0.365 e. The Kier molecular flexibility index (Phi) is 5.01. The zero-order valence-electron chi connectivity index (χ0n) is 17.3. The van der Waals surface area contributed by atoms with Gasteiger partial charge in [0.25, 0.3) is 0 Å². The van der Waals surface area contributed by atoms with E-state index in [0.29, 0.717) is 12.0 Å². The van der Waals surface area contributed by atoms with Crippen molar-refractivity contribution in [2.75, 3.05) is 38.0 Å². The number of piperazine rings is 1. The molecule has 2 aliphatic rings. The maximum absolute atomic E-state index is 5.42. The number of nitrogens with zero attached hydrogens (tertiary/aromatic N) is 4. The van der Waals surface area contributed by atoms with Crippen LogP contribution in [0.3, 0.4) is 0 Å². The van der Waals surface area contributed by atoms with E-state index in [1.165, 1.54) is 12.8 Å². The van der Waals surface area contributed by atoms with E-state index in [4.69, 9.17) is 14.5 Å². The summed E-state index contributed by atoms with van der Waals surface area (Å²) in [6.07, 6.45) is 2.37. The molecule has 2 fully saturated rings. The van der Waals surface area contributed by atoms with E-state index in [0.717, 1.165) is 77.2 Å². The molecule has 1 aliphatic carbocycles. The van der Waals surface area contributed by atoms with Gasteiger partial charge in [0.1, 0.15) is 17.4 Å². The van der Waals surface area contributed by atoms with E-state index >= 15 is 0 Å². The molecule has 8 heteroatoms. The second-order valence-corrected chi connectivity index (χ2v) is 9.21. The topological polar surface area (TPSA) is 79.1 Å². The van der Waals surface area contributed by atoms with Crippen LogP contribution in [0, 0.1) is 13.8 Å². The van der Waals surface area contributed by atoms with Crippen LogP contribution in [-0.4, -0.2) is 58.8 Å². The van der Waals surface area contributed by atoms with Gasteiger partial charge in [0.2, 0.25) is 0 Å². The molecule has 29 heavy (non-hydrogen) atoms. The van der Waals surface area contributed by atoms with Crippen LogP contribution < -0.4 is 10.6 Å². The highest BCUT2D eigenvalue weighted by molar-refractivity contribution is 7.18. The molecular formula is C21H28N6OS. The largest absolute Gasteiger partial charge is 0.365 e. The monoisotopic (exact) mass is 412 g/mol. The fraction of sp³-hybridized carbons (Fsp3) is 0.571. The minimum absolute atomic E-state index is 0.322. The Labute approximate surface area is 174 Å². The summed E-state index contributed by atoms with van der Waals surface area (Å²) in [6.45, 7) is 11.6. The van der Waals surface area contributed by atoms with Crippen molar-refractivity contribution in [2.45, 2.75) is 45.6 Å². The molecule has 0 spiro atoms. The lowest BCUT2D eigenvalue weighted by atomic mass is 10.1. The summed E-state index contributed by atoms with van der Waals surface area (Å²) in [5.74, 6) is 3.29. The Morgan fingerprint density at radius 1 is 1.28 bits per heavy atom. The lowest BCUT2D eigenvalue weighted by molar-refractivity contribution is 0.235. The van der Waals surface area contributed by atoms with Crippen LogP contribution in [0.2, 0.25) is 0 Å². The van der Waals surface area contributed by atoms with Crippen LogP contribution >= 0.6 is 11.3 Å². The molecule has 1 atom stereocenters. The molecule has 0 unspecified atom stereocenters. The van der Waals surface area contributed by atoms with Crippen molar-refractivity contribution < 1.29 is 4.52 Å². The number of rotatable bonds is 6. The first-order chi connectivity index (χ1) is 14.1. The van der Waals surface area contributed by atoms with Crippen LogP contribution in [0.1, 0.15) is 43.0 Å². The van der Waals surface area contributed by atoms with E-state index in [2.05, 4.69) is 33.0 Å². The zero-order chi connectivity index (χ0) is 20.0. The van der Waals surface area contributed by atoms with Crippen molar-refractivity contribution in [2.24, 2.45) is 0 Å². The molecule has 0 amide bonds. The number of fused-ring (bicyclic) bond motifs is 1. The van der Waals surface area contributed by atoms with Gasteiger partial charge >= 0.3 is 0 Å². The predicted octanol–water partition coefficient (Wildman–Crippen LogP) is 3.55. The van der Waals surface area contributed by atoms with Crippen molar-refractivity contribution in [3.05, 3.63) is 22.7 Å². The Morgan fingerprint density at radius 2 is 2.07 bits per heavy atom. The third-order valence-corrected chi connectivity index (χ3v) is 6.78. The first-order valence-corrected chi connectivity index (χ1v) is 11.4. The summed E-state index contributed by atoms with van der Waals surface area (Å²) in [7, 11) is 0. The first kappa shape index (κ1) is 19.0. The van der Waals surface area contributed by atoms with Gasteiger partial charge in [0, 0.05) is 55.6 Å². The molecule has 5 rings (SSSR count). The average molecular weight is 413 g/mol. The van der Waals surface area contributed by atoms with Crippen LogP contribution in [0.25, 0.3) is 21.3 Å². The predicted molar refractivity (Wildman–Crippen MR) is 117 cm³/mol. The molecule has 0 aromatic carbocycles. The summed E-state index contributed by atoms with van der Waals surface area (Å²) < 4.78 is 6.54. The quantitative estimate of drug-likeness (QED) is 0.641. The highest BCUT2D eigenvalue weighted by Crippen LogP contribution is 2.43. The maximum atomic E-state index is 5.42. The normalized spacial score (nSPS) is 19.0. The summed E-state index contributed by atoms with van der Waals surface area (Å²) >= 11 is 1.70. The Morgan fingerprint density at radius 3 is 2.76 bits per heavy atom. The molecule has 154 valence electrons. The fourth-order valence-corrected chi connectivity index (χ4v) is 5.11. The van der Waals surface area contributed by atoms with Gasteiger partial charge < -0.3 is 15.2 Å². The number of nitrogens with one attached hydrogen (secondary N) is 2. The van der Waals surface area contributed by atoms with Gasteiger partial charge in [0.05, 0.1) is 21.5 Å². The number of aryl methyl sites for hydroxylation is 2. The number of aromatic nitrogens is 3. The molecule has 4 heterocycles. The molecule has 1 aliphatic heterocycles. The Balaban J connectivity index is 1.49. The van der Waals surface area contributed by atoms with Gasteiger partial charge in [-0.25, -0.2) is 9.97 Å². The van der Waals surface area contributed by atoms with E-state index in [1.807, 2.05) is 13.8 Å². The number of anilines is 1. The zero-order valence-corrected chi connectivity index (χ0v) is 18.1. The second kappa shape index (κ2) is 7.66. The third-order valence-electron chi connectivity index (χ3n) is 5.80. The van der Waals surface area contributed by atoms with E-state index in [1.54, 1.807) is 11.3 Å². The summed E-state index contributed by atoms with van der Waals surface area (Å²) in [5.41, 5.74) is 4.12. The average Bonchev–Trinajstić information content (AvgIpc) is 3.40. The summed E-state index contributed by atoms with van der Waals surface area (Å²) in [5, 5.41) is 13.4. The summed E-state index contributed by atoms with van der Waals surface area (Å²) in [6, 6.07) is 0.322. The highest BCUT2D eigenvalue weighted by Gasteiger charge is 2.29. The molecule has 3 aromatic heterocycles. The summed E-state index contributed by atoms with van der Waals surface area (Å²) in [4.78, 5) is 12.5. The van der Waals surface area contributed by atoms with Gasteiger partial charge in [0.15, 0.2) is 0 Å². The van der Waals surface area contributed by atoms with Gasteiger partial charge in [-0.05, 0) is 33.6 Å². The number of thiophene rings is 1. The van der Waals surface area contributed by atoms with E-state index in [9.17, 15) is 0 Å². The van der Waals surface area contributed by atoms with Crippen LogP contribution in [0.15, 0.2) is 9.90 Å². The molecule has 1 saturated carbocycles. The van der Waals surface area contributed by atoms with E-state index in [-0.39, 0.29) is 0 Å². The third kappa shape index (κ3) is 3.76. The van der Waals surface area contributed by atoms with Gasteiger partial charge in [-0.1, -0.05) is 5.16 Å². The molecule has 3 aromatic rings. The Hall–Kier alpha value is -2.03. The molecular weight excluding hydrogens is 384 g/mol. The lowest BCUT2D eigenvalue weighted by Crippen LogP contribution is -2.47. The Bertz CT molecular complexity index is 998. The molecule has 1 saturated heterocycles. The highest BCUT2D eigenvalue weighted by atomic mass is 32.1. The van der Waals surface area contributed by atoms with Gasteiger partial charge in [-0.3, -0.25) is 4.90 Å². The minimum atomic E-state index is 0.322. The number of hydrogen-bond donors (Lipinski definition) is 2. The van der Waals surface area contributed by atoms with Crippen molar-refractivity contribution >= 4 is 27.4 Å². The van der Waals surface area contributed by atoms with Crippen LogP contribution in [-0.2, 0) is 0 Å². The van der Waals surface area contributed by atoms with Gasteiger partial charge in [-0.2, -0.15) is 0 Å². The molecule has 0 radical (unpaired) electrons.